The number of nitrogens with zero attached hydrogens (tertiary/aromatic N) is 1. The van der Waals surface area contributed by atoms with Crippen molar-refractivity contribution in [3.63, 3.8) is 0 Å². The van der Waals surface area contributed by atoms with E-state index < -0.39 is 10.0 Å². The minimum atomic E-state index is -3.45. The fourth-order valence-corrected chi connectivity index (χ4v) is 3.51. The zero-order valence-corrected chi connectivity index (χ0v) is 14.2. The zero-order chi connectivity index (χ0) is 17.0. The van der Waals surface area contributed by atoms with E-state index >= 15 is 0 Å². The Morgan fingerprint density at radius 1 is 1.08 bits per heavy atom. The number of aromatic nitrogens is 2. The minimum Gasteiger partial charge on any atom is -0.311 e. The van der Waals surface area contributed by atoms with Crippen LogP contribution in [0, 0.1) is 6.92 Å². The maximum atomic E-state index is 12.2. The summed E-state index contributed by atoms with van der Waals surface area (Å²) in [5.41, 5.74) is 3.14. The van der Waals surface area contributed by atoms with Crippen LogP contribution in [-0.4, -0.2) is 31.7 Å². The van der Waals surface area contributed by atoms with E-state index in [-0.39, 0.29) is 4.90 Å². The number of hydrogen-bond donors (Lipinski definition) is 3. The molecule has 0 saturated heterocycles. The Labute approximate surface area is 141 Å². The van der Waals surface area contributed by atoms with Gasteiger partial charge < -0.3 is 5.32 Å². The Balaban J connectivity index is 1.50. The molecule has 7 heteroatoms. The van der Waals surface area contributed by atoms with Crippen molar-refractivity contribution in [2.24, 2.45) is 0 Å². The minimum absolute atomic E-state index is 0.287. The highest BCUT2D eigenvalue weighted by Gasteiger charge is 2.12. The molecule has 1 aromatic heterocycles. The summed E-state index contributed by atoms with van der Waals surface area (Å²) in [5.74, 6) is 0. The Kier molecular flexibility index (Phi) is 4.94. The smallest absolute Gasteiger partial charge is 0.240 e. The number of aromatic amines is 1. The van der Waals surface area contributed by atoms with E-state index in [0.29, 0.717) is 19.6 Å². The van der Waals surface area contributed by atoms with Crippen LogP contribution in [0.25, 0.3) is 10.9 Å². The van der Waals surface area contributed by atoms with Crippen molar-refractivity contribution in [2.45, 2.75) is 18.4 Å². The zero-order valence-electron chi connectivity index (χ0n) is 13.4. The number of fused-ring (bicyclic) bond motifs is 1. The van der Waals surface area contributed by atoms with Gasteiger partial charge >= 0.3 is 0 Å². The molecular weight excluding hydrogens is 324 g/mol. The van der Waals surface area contributed by atoms with Crippen LogP contribution in [0.5, 0.6) is 0 Å². The molecule has 0 radical (unpaired) electrons. The van der Waals surface area contributed by atoms with Crippen LogP contribution in [0.2, 0.25) is 0 Å². The van der Waals surface area contributed by atoms with Crippen LogP contribution < -0.4 is 10.0 Å². The van der Waals surface area contributed by atoms with E-state index in [9.17, 15) is 8.42 Å². The molecule has 0 amide bonds. The summed E-state index contributed by atoms with van der Waals surface area (Å²) in [7, 11) is -3.45. The van der Waals surface area contributed by atoms with Crippen LogP contribution >= 0.6 is 0 Å². The summed E-state index contributed by atoms with van der Waals surface area (Å²) in [6.07, 6.45) is 1.79. The van der Waals surface area contributed by atoms with Crippen LogP contribution in [0.15, 0.2) is 53.6 Å². The van der Waals surface area contributed by atoms with Gasteiger partial charge in [-0.05, 0) is 24.6 Å². The van der Waals surface area contributed by atoms with E-state index in [1.165, 1.54) is 0 Å². The SMILES string of the molecule is Cc1ccc(S(=O)(=O)NCCNCc2cccc3cn[nH]c23)cc1. The number of para-hydroxylation sites is 1. The van der Waals surface area contributed by atoms with Crippen molar-refractivity contribution >= 4 is 20.9 Å². The molecule has 0 saturated carbocycles. The van der Waals surface area contributed by atoms with Crippen molar-refractivity contribution in [3.8, 4) is 0 Å². The monoisotopic (exact) mass is 344 g/mol. The highest BCUT2D eigenvalue weighted by molar-refractivity contribution is 7.89. The summed E-state index contributed by atoms with van der Waals surface area (Å²) in [6.45, 7) is 3.44. The van der Waals surface area contributed by atoms with Gasteiger partial charge in [-0.15, -0.1) is 0 Å². The average Bonchev–Trinajstić information content (AvgIpc) is 3.04. The second kappa shape index (κ2) is 7.12. The van der Waals surface area contributed by atoms with Crippen molar-refractivity contribution in [1.29, 1.82) is 0 Å². The van der Waals surface area contributed by atoms with Crippen molar-refractivity contribution in [3.05, 3.63) is 59.8 Å². The number of aryl methyl sites for hydroxylation is 1. The molecule has 3 aromatic rings. The predicted molar refractivity (Wildman–Crippen MR) is 94.2 cm³/mol. The third-order valence-electron chi connectivity index (χ3n) is 3.80. The van der Waals surface area contributed by atoms with Gasteiger partial charge in [-0.25, -0.2) is 13.1 Å². The van der Waals surface area contributed by atoms with Crippen LogP contribution in [-0.2, 0) is 16.6 Å². The number of H-pyrrole nitrogens is 1. The topological polar surface area (TPSA) is 86.9 Å². The molecule has 3 rings (SSSR count). The molecule has 3 N–H and O–H groups in total. The molecule has 2 aromatic carbocycles. The Bertz CT molecular complexity index is 917. The first-order valence-electron chi connectivity index (χ1n) is 7.74. The quantitative estimate of drug-likeness (QED) is 0.572. The molecule has 1 heterocycles. The highest BCUT2D eigenvalue weighted by atomic mass is 32.2. The van der Waals surface area contributed by atoms with Gasteiger partial charge in [0.2, 0.25) is 10.0 Å². The fourth-order valence-electron chi connectivity index (χ4n) is 2.48. The number of sulfonamides is 1. The average molecular weight is 344 g/mol. The second-order valence-corrected chi connectivity index (χ2v) is 7.41. The summed E-state index contributed by atoms with van der Waals surface area (Å²) < 4.78 is 26.9. The molecule has 0 aliphatic carbocycles. The normalized spacial score (nSPS) is 11.9. The first-order chi connectivity index (χ1) is 11.6. The Morgan fingerprint density at radius 3 is 2.67 bits per heavy atom. The Morgan fingerprint density at radius 2 is 1.88 bits per heavy atom. The van der Waals surface area contributed by atoms with E-state index in [1.807, 2.05) is 25.1 Å². The van der Waals surface area contributed by atoms with Gasteiger partial charge in [0.1, 0.15) is 0 Å². The van der Waals surface area contributed by atoms with Gasteiger partial charge in [-0.3, -0.25) is 5.10 Å². The van der Waals surface area contributed by atoms with Crippen LogP contribution in [0.1, 0.15) is 11.1 Å². The first-order valence-corrected chi connectivity index (χ1v) is 9.22. The van der Waals surface area contributed by atoms with Gasteiger partial charge in [0.15, 0.2) is 0 Å². The van der Waals surface area contributed by atoms with Gasteiger partial charge in [-0.1, -0.05) is 35.9 Å². The molecule has 0 bridgehead atoms. The van der Waals surface area contributed by atoms with E-state index in [0.717, 1.165) is 22.0 Å². The predicted octanol–water partition coefficient (Wildman–Crippen LogP) is 1.94. The number of nitrogens with one attached hydrogen (secondary N) is 3. The number of benzene rings is 2. The molecule has 6 nitrogen and oxygen atoms in total. The lowest BCUT2D eigenvalue weighted by atomic mass is 10.1. The summed E-state index contributed by atoms with van der Waals surface area (Å²) in [4.78, 5) is 0.287. The Hall–Kier alpha value is -2.22. The highest BCUT2D eigenvalue weighted by Crippen LogP contribution is 2.15. The third-order valence-corrected chi connectivity index (χ3v) is 5.28. The van der Waals surface area contributed by atoms with E-state index in [4.69, 9.17) is 0 Å². The van der Waals surface area contributed by atoms with Gasteiger partial charge in [-0.2, -0.15) is 5.10 Å². The summed E-state index contributed by atoms with van der Waals surface area (Å²) in [6, 6.07) is 12.8. The lowest BCUT2D eigenvalue weighted by Gasteiger charge is -2.09. The summed E-state index contributed by atoms with van der Waals surface area (Å²) >= 11 is 0. The van der Waals surface area contributed by atoms with Gasteiger partial charge in [0.05, 0.1) is 16.6 Å². The van der Waals surface area contributed by atoms with Crippen molar-refractivity contribution in [1.82, 2.24) is 20.2 Å². The maximum absolute atomic E-state index is 12.2. The van der Waals surface area contributed by atoms with Gasteiger partial charge in [0.25, 0.3) is 0 Å². The van der Waals surface area contributed by atoms with Crippen LogP contribution in [0.4, 0.5) is 0 Å². The standard InChI is InChI=1S/C17H20N4O2S/c1-13-5-7-16(8-6-13)24(22,23)20-10-9-18-11-14-3-2-4-15-12-19-21-17(14)15/h2-8,12,18,20H,9-11H2,1H3,(H,19,21). The molecule has 0 atom stereocenters. The van der Waals surface area contributed by atoms with Crippen molar-refractivity contribution < 1.29 is 8.42 Å². The number of hydrogen-bond acceptors (Lipinski definition) is 4. The lowest BCUT2D eigenvalue weighted by Crippen LogP contribution is -2.31. The van der Waals surface area contributed by atoms with Gasteiger partial charge in [0, 0.05) is 25.0 Å². The largest absolute Gasteiger partial charge is 0.311 e. The molecule has 24 heavy (non-hydrogen) atoms. The molecule has 126 valence electrons. The molecule has 0 spiro atoms. The second-order valence-electron chi connectivity index (χ2n) is 5.64. The van der Waals surface area contributed by atoms with E-state index in [2.05, 4.69) is 20.2 Å². The molecule has 0 aliphatic heterocycles. The molecule has 0 unspecified atom stereocenters. The lowest BCUT2D eigenvalue weighted by molar-refractivity contribution is 0.576. The van der Waals surface area contributed by atoms with Crippen molar-refractivity contribution in [2.75, 3.05) is 13.1 Å². The fraction of sp³-hybridized carbons (Fsp3) is 0.235. The van der Waals surface area contributed by atoms with E-state index in [1.54, 1.807) is 30.5 Å². The maximum Gasteiger partial charge on any atom is 0.240 e. The molecule has 0 fully saturated rings. The molecule has 0 aliphatic rings. The molecular formula is C17H20N4O2S. The third kappa shape index (κ3) is 3.81. The number of rotatable bonds is 7. The first kappa shape index (κ1) is 16.6. The summed E-state index contributed by atoms with van der Waals surface area (Å²) in [5, 5.41) is 11.3. The van der Waals surface area contributed by atoms with Crippen LogP contribution in [0.3, 0.4) is 0 Å².